The SMILES string of the molecule is O=CCC(=O)C(F)(F)C(F)(F)F. The van der Waals surface area contributed by atoms with E-state index < -0.39 is 24.3 Å². The molecule has 0 aliphatic carbocycles. The molecule has 0 aliphatic heterocycles. The number of rotatable bonds is 3. The molecule has 0 heterocycles. The van der Waals surface area contributed by atoms with Crippen LogP contribution in [-0.2, 0) is 9.59 Å². The predicted octanol–water partition coefficient (Wildman–Crippen LogP) is 1.34. The molecule has 0 spiro atoms. The molecule has 12 heavy (non-hydrogen) atoms. The molecule has 0 rings (SSSR count). The highest BCUT2D eigenvalue weighted by Gasteiger charge is 2.62. The van der Waals surface area contributed by atoms with Gasteiger partial charge in [0.2, 0.25) is 5.78 Å². The summed E-state index contributed by atoms with van der Waals surface area (Å²) in [6.07, 6.45) is -7.67. The van der Waals surface area contributed by atoms with Crippen molar-refractivity contribution in [3.8, 4) is 0 Å². The lowest BCUT2D eigenvalue weighted by molar-refractivity contribution is -0.268. The molecule has 0 aromatic carbocycles. The van der Waals surface area contributed by atoms with Crippen LogP contribution in [0.5, 0.6) is 0 Å². The number of hydrogen-bond acceptors (Lipinski definition) is 2. The predicted molar refractivity (Wildman–Crippen MR) is 26.7 cm³/mol. The van der Waals surface area contributed by atoms with Gasteiger partial charge in [0, 0.05) is 0 Å². The van der Waals surface area contributed by atoms with Gasteiger partial charge in [-0.2, -0.15) is 22.0 Å². The van der Waals surface area contributed by atoms with E-state index in [1.807, 2.05) is 0 Å². The molecule has 0 bridgehead atoms. The summed E-state index contributed by atoms with van der Waals surface area (Å²) < 4.78 is 57.7. The highest BCUT2D eigenvalue weighted by molar-refractivity contribution is 5.95. The van der Waals surface area contributed by atoms with Crippen LogP contribution in [0.25, 0.3) is 0 Å². The first-order valence-electron chi connectivity index (χ1n) is 2.65. The molecule has 0 aromatic heterocycles. The van der Waals surface area contributed by atoms with Gasteiger partial charge in [-0.25, -0.2) is 0 Å². The number of carbonyl (C=O) groups is 2. The summed E-state index contributed by atoms with van der Waals surface area (Å²) in [5.41, 5.74) is 0. The molecular weight excluding hydrogens is 187 g/mol. The Kier molecular flexibility index (Phi) is 2.89. The van der Waals surface area contributed by atoms with Crippen LogP contribution < -0.4 is 0 Å². The Morgan fingerprint density at radius 3 is 1.83 bits per heavy atom. The standard InChI is InChI=1S/C5H3F5O2/c6-4(7,5(8,9)10)3(12)1-2-11/h2H,1H2. The monoisotopic (exact) mass is 190 g/mol. The van der Waals surface area contributed by atoms with Crippen molar-refractivity contribution < 1.29 is 31.5 Å². The third kappa shape index (κ3) is 1.99. The minimum absolute atomic E-state index is 0.304. The Labute approximate surface area is 63.3 Å². The van der Waals surface area contributed by atoms with E-state index in [0.29, 0.717) is 0 Å². The molecule has 0 saturated carbocycles. The normalized spacial score (nSPS) is 12.8. The van der Waals surface area contributed by atoms with Crippen LogP contribution in [0.15, 0.2) is 0 Å². The van der Waals surface area contributed by atoms with E-state index in [9.17, 15) is 31.5 Å². The van der Waals surface area contributed by atoms with Gasteiger partial charge in [0.1, 0.15) is 6.29 Å². The number of carbonyl (C=O) groups excluding carboxylic acids is 2. The molecule has 0 amide bonds. The summed E-state index contributed by atoms with van der Waals surface area (Å²) in [6.45, 7) is 0. The van der Waals surface area contributed by atoms with Crippen LogP contribution in [0.3, 0.4) is 0 Å². The third-order valence-corrected chi connectivity index (χ3v) is 0.975. The Hall–Kier alpha value is -1.01. The van der Waals surface area contributed by atoms with Crippen molar-refractivity contribution in [1.29, 1.82) is 0 Å². The molecule has 0 N–H and O–H groups in total. The van der Waals surface area contributed by atoms with E-state index in [-0.39, 0.29) is 6.29 Å². The summed E-state index contributed by atoms with van der Waals surface area (Å²) in [7, 11) is 0. The van der Waals surface area contributed by atoms with E-state index in [1.165, 1.54) is 0 Å². The Morgan fingerprint density at radius 1 is 1.17 bits per heavy atom. The van der Waals surface area contributed by atoms with E-state index in [0.717, 1.165) is 0 Å². The number of aldehydes is 1. The lowest BCUT2D eigenvalue weighted by Crippen LogP contribution is -2.44. The van der Waals surface area contributed by atoms with Gasteiger partial charge >= 0.3 is 12.1 Å². The van der Waals surface area contributed by atoms with E-state index in [4.69, 9.17) is 0 Å². The summed E-state index contributed by atoms with van der Waals surface area (Å²) in [4.78, 5) is 19.5. The first-order valence-corrected chi connectivity index (χ1v) is 2.65. The number of hydrogen-bond donors (Lipinski definition) is 0. The minimum atomic E-state index is -5.92. The Balaban J connectivity index is 4.61. The Morgan fingerprint density at radius 2 is 1.58 bits per heavy atom. The summed E-state index contributed by atoms with van der Waals surface area (Å²) in [6, 6.07) is 0. The summed E-state index contributed by atoms with van der Waals surface area (Å²) in [5.74, 6) is -7.86. The van der Waals surface area contributed by atoms with Crippen LogP contribution in [0.1, 0.15) is 6.42 Å². The van der Waals surface area contributed by atoms with Crippen LogP contribution in [0.2, 0.25) is 0 Å². The van der Waals surface area contributed by atoms with Gasteiger partial charge in [-0.05, 0) is 0 Å². The number of Topliss-reactive ketones (excluding diaryl/α,β-unsaturated/α-hetero) is 1. The molecular formula is C5H3F5O2. The maximum Gasteiger partial charge on any atom is 0.461 e. The molecule has 0 aromatic rings. The third-order valence-electron chi connectivity index (χ3n) is 0.975. The van der Waals surface area contributed by atoms with Crippen LogP contribution in [0.4, 0.5) is 22.0 Å². The quantitative estimate of drug-likeness (QED) is 0.382. The van der Waals surface area contributed by atoms with Gasteiger partial charge in [0.05, 0.1) is 6.42 Å². The zero-order valence-electron chi connectivity index (χ0n) is 5.49. The average Bonchev–Trinajstić information content (AvgIpc) is 1.85. The number of halogens is 5. The van der Waals surface area contributed by atoms with Crippen LogP contribution in [-0.4, -0.2) is 24.2 Å². The number of ketones is 1. The maximum atomic E-state index is 11.9. The van der Waals surface area contributed by atoms with Gasteiger partial charge in [-0.15, -0.1) is 0 Å². The van der Waals surface area contributed by atoms with Gasteiger partial charge in [-0.3, -0.25) is 4.79 Å². The van der Waals surface area contributed by atoms with Gasteiger partial charge in [-0.1, -0.05) is 0 Å². The van der Waals surface area contributed by atoms with Crippen molar-refractivity contribution >= 4 is 12.1 Å². The van der Waals surface area contributed by atoms with Gasteiger partial charge in [0.15, 0.2) is 0 Å². The van der Waals surface area contributed by atoms with Crippen molar-refractivity contribution in [2.75, 3.05) is 0 Å². The van der Waals surface area contributed by atoms with Crippen LogP contribution >= 0.6 is 0 Å². The lowest BCUT2D eigenvalue weighted by Gasteiger charge is -2.16. The molecule has 0 fully saturated rings. The van der Waals surface area contributed by atoms with Crippen molar-refractivity contribution in [1.82, 2.24) is 0 Å². The second kappa shape index (κ2) is 3.16. The van der Waals surface area contributed by atoms with Crippen LogP contribution in [0, 0.1) is 0 Å². The van der Waals surface area contributed by atoms with Crippen molar-refractivity contribution in [2.45, 2.75) is 18.5 Å². The molecule has 0 aliphatic rings. The fraction of sp³-hybridized carbons (Fsp3) is 0.600. The van der Waals surface area contributed by atoms with Gasteiger partial charge in [0.25, 0.3) is 0 Å². The molecule has 7 heteroatoms. The zero-order valence-corrected chi connectivity index (χ0v) is 5.49. The largest absolute Gasteiger partial charge is 0.461 e. The molecule has 0 atom stereocenters. The molecule has 0 unspecified atom stereocenters. The molecule has 70 valence electrons. The second-order valence-corrected chi connectivity index (χ2v) is 1.87. The van der Waals surface area contributed by atoms with Crippen molar-refractivity contribution in [2.24, 2.45) is 0 Å². The fourth-order valence-electron chi connectivity index (χ4n) is 0.362. The van der Waals surface area contributed by atoms with Crippen molar-refractivity contribution in [3.05, 3.63) is 0 Å². The fourth-order valence-corrected chi connectivity index (χ4v) is 0.362. The lowest BCUT2D eigenvalue weighted by atomic mass is 10.1. The highest BCUT2D eigenvalue weighted by Crippen LogP contribution is 2.36. The van der Waals surface area contributed by atoms with E-state index >= 15 is 0 Å². The highest BCUT2D eigenvalue weighted by atomic mass is 19.4. The first-order chi connectivity index (χ1) is 5.23. The maximum absolute atomic E-state index is 11.9. The Bertz CT molecular complexity index is 195. The molecule has 0 radical (unpaired) electrons. The zero-order chi connectivity index (χ0) is 9.99. The van der Waals surface area contributed by atoms with E-state index in [2.05, 4.69) is 0 Å². The minimum Gasteiger partial charge on any atom is -0.303 e. The average molecular weight is 190 g/mol. The molecule has 0 saturated heterocycles. The topological polar surface area (TPSA) is 34.1 Å². The molecule has 2 nitrogen and oxygen atoms in total. The van der Waals surface area contributed by atoms with E-state index in [1.54, 1.807) is 0 Å². The van der Waals surface area contributed by atoms with Gasteiger partial charge < -0.3 is 4.79 Å². The first kappa shape index (κ1) is 11.0. The summed E-state index contributed by atoms with van der Waals surface area (Å²) >= 11 is 0. The number of alkyl halides is 5. The smallest absolute Gasteiger partial charge is 0.303 e. The second-order valence-electron chi connectivity index (χ2n) is 1.87. The summed E-state index contributed by atoms with van der Waals surface area (Å²) in [5, 5.41) is 0. The van der Waals surface area contributed by atoms with Crippen molar-refractivity contribution in [3.63, 3.8) is 0 Å².